The Labute approximate surface area is 95.4 Å². The monoisotopic (exact) mass is 255 g/mol. The van der Waals surface area contributed by atoms with Gasteiger partial charge in [0.15, 0.2) is 36.0 Å². The molecule has 3 aliphatic rings. The van der Waals surface area contributed by atoms with E-state index >= 15 is 0 Å². The molecule has 1 radical (unpaired) electrons. The number of Topliss-reactive ketones (excluding diaryl/α,β-unsaturated/α-hetero) is 2. The van der Waals surface area contributed by atoms with Gasteiger partial charge in [0.2, 0.25) is 0 Å². The normalized spacial score (nSPS) is 38.7. The summed E-state index contributed by atoms with van der Waals surface area (Å²) in [5.74, 6) is -0.927. The van der Waals surface area contributed by atoms with Crippen LogP contribution in [0.1, 0.15) is 6.92 Å². The van der Waals surface area contributed by atoms with Crippen LogP contribution in [-0.4, -0.2) is 47.1 Å². The first-order valence-corrected chi connectivity index (χ1v) is 4.10. The van der Waals surface area contributed by atoms with Crippen LogP contribution in [0.25, 0.3) is 0 Å². The van der Waals surface area contributed by atoms with Crippen LogP contribution in [-0.2, 0) is 40.9 Å². The summed E-state index contributed by atoms with van der Waals surface area (Å²) in [5.41, 5.74) is 0. The van der Waals surface area contributed by atoms with E-state index in [0.29, 0.717) is 0 Å². The predicted octanol–water partition coefficient (Wildman–Crippen LogP) is -1.24. The van der Waals surface area contributed by atoms with E-state index in [2.05, 4.69) is 0 Å². The average Bonchev–Trinajstić information content (AvgIpc) is 2.93. The molecule has 1 N–H and O–H groups in total. The topological polar surface area (TPSA) is 96.5 Å². The fourth-order valence-corrected chi connectivity index (χ4v) is 1.41. The molecule has 15 heavy (non-hydrogen) atoms. The summed E-state index contributed by atoms with van der Waals surface area (Å²) >= 11 is 0. The molecule has 4 unspecified atom stereocenters. The summed E-state index contributed by atoms with van der Waals surface area (Å²) in [6.45, 7) is 1.08. The van der Waals surface area contributed by atoms with Gasteiger partial charge < -0.3 is 14.6 Å². The van der Waals surface area contributed by atoms with Crippen LogP contribution in [0.2, 0.25) is 0 Å². The minimum Gasteiger partial charge on any atom is -0.481 e. The molecular weight excluding hydrogens is 247 g/mol. The van der Waals surface area contributed by atoms with Gasteiger partial charge in [-0.15, -0.1) is 0 Å². The molecule has 0 aromatic carbocycles. The smallest absolute Gasteiger partial charge is 0.300 e. The zero-order valence-electron chi connectivity index (χ0n) is 7.68. The van der Waals surface area contributed by atoms with E-state index < -0.39 is 30.4 Å². The summed E-state index contributed by atoms with van der Waals surface area (Å²) in [4.78, 5) is 30.9. The number of ether oxygens (including phenoxy) is 2. The average molecular weight is 255 g/mol. The standard InChI is InChI=1S/C6H4O4.C2H4O2.Mn/c7-1-3-5(9-3)2(8)6-4(1)10-6;1-2(3)4;/h3-6H;1H3,(H,3,4);. The van der Waals surface area contributed by atoms with Gasteiger partial charge in [-0.2, -0.15) is 0 Å². The first-order chi connectivity index (χ1) is 6.52. The molecule has 2 heterocycles. The third-order valence-corrected chi connectivity index (χ3v) is 2.10. The Morgan fingerprint density at radius 1 is 1.07 bits per heavy atom. The molecule has 0 aromatic rings. The second-order valence-electron chi connectivity index (χ2n) is 3.28. The van der Waals surface area contributed by atoms with Gasteiger partial charge in [-0.3, -0.25) is 14.4 Å². The largest absolute Gasteiger partial charge is 0.481 e. The second kappa shape index (κ2) is 4.02. The van der Waals surface area contributed by atoms with E-state index in [1.807, 2.05) is 0 Å². The van der Waals surface area contributed by atoms with Gasteiger partial charge in [0.05, 0.1) is 0 Å². The number of ketones is 2. The fraction of sp³-hybridized carbons (Fsp3) is 0.625. The van der Waals surface area contributed by atoms with E-state index in [4.69, 9.17) is 19.4 Å². The van der Waals surface area contributed by atoms with Gasteiger partial charge in [-0.1, -0.05) is 0 Å². The molecule has 0 aromatic heterocycles. The van der Waals surface area contributed by atoms with Crippen molar-refractivity contribution in [2.45, 2.75) is 31.3 Å². The molecule has 4 atom stereocenters. The Morgan fingerprint density at radius 3 is 1.47 bits per heavy atom. The molecule has 1 saturated carbocycles. The Balaban J connectivity index is 0.000000200. The van der Waals surface area contributed by atoms with E-state index in [0.717, 1.165) is 6.92 Å². The van der Waals surface area contributed by atoms with Crippen LogP contribution >= 0.6 is 0 Å². The van der Waals surface area contributed by atoms with Crippen molar-refractivity contribution in [3.63, 3.8) is 0 Å². The molecule has 3 rings (SSSR count). The molecule has 0 spiro atoms. The molecule has 83 valence electrons. The molecule has 2 saturated heterocycles. The third-order valence-electron chi connectivity index (χ3n) is 2.10. The first-order valence-electron chi connectivity index (χ1n) is 4.10. The van der Waals surface area contributed by atoms with Crippen molar-refractivity contribution < 1.29 is 46.0 Å². The van der Waals surface area contributed by atoms with Crippen LogP contribution in [0, 0.1) is 0 Å². The Morgan fingerprint density at radius 2 is 1.27 bits per heavy atom. The van der Waals surface area contributed by atoms with Crippen molar-refractivity contribution in [3.05, 3.63) is 0 Å². The maximum Gasteiger partial charge on any atom is 0.300 e. The summed E-state index contributed by atoms with van der Waals surface area (Å²) in [6.07, 6.45) is -1.79. The van der Waals surface area contributed by atoms with Gasteiger partial charge in [-0.05, 0) is 0 Å². The number of carbonyl (C=O) groups is 3. The van der Waals surface area contributed by atoms with Crippen LogP contribution < -0.4 is 0 Å². The molecule has 6 nitrogen and oxygen atoms in total. The van der Waals surface area contributed by atoms with Gasteiger partial charge in [0.25, 0.3) is 5.97 Å². The van der Waals surface area contributed by atoms with Crippen LogP contribution in [0.5, 0.6) is 0 Å². The number of epoxide rings is 2. The fourth-order valence-electron chi connectivity index (χ4n) is 1.41. The van der Waals surface area contributed by atoms with Gasteiger partial charge >= 0.3 is 0 Å². The Hall–Kier alpha value is -0.751. The predicted molar refractivity (Wildman–Crippen MR) is 40.6 cm³/mol. The zero-order chi connectivity index (χ0) is 10.5. The maximum absolute atomic E-state index is 11.0. The van der Waals surface area contributed by atoms with Crippen molar-refractivity contribution in [2.24, 2.45) is 0 Å². The van der Waals surface area contributed by atoms with Gasteiger partial charge in [-0.25, -0.2) is 0 Å². The van der Waals surface area contributed by atoms with Crippen LogP contribution in [0.4, 0.5) is 0 Å². The molecular formula is C8H8MnO6. The van der Waals surface area contributed by atoms with E-state index in [1.54, 1.807) is 0 Å². The van der Waals surface area contributed by atoms with Gasteiger partial charge in [0.1, 0.15) is 0 Å². The third kappa shape index (κ3) is 2.26. The Kier molecular flexibility index (Phi) is 3.30. The number of fused-ring (bicyclic) bond motifs is 2. The Bertz CT molecular complexity index is 277. The van der Waals surface area contributed by atoms with E-state index in [-0.39, 0.29) is 28.6 Å². The SMILES string of the molecule is CC(=O)O.O=C1C2OC2C(=O)C2OC12.[Mn]. The van der Waals surface area contributed by atoms with Crippen LogP contribution in [0.15, 0.2) is 0 Å². The number of aliphatic carboxylic acids is 1. The maximum atomic E-state index is 11.0. The molecule has 0 bridgehead atoms. The molecule has 1 aliphatic carbocycles. The van der Waals surface area contributed by atoms with Crippen molar-refractivity contribution in [1.82, 2.24) is 0 Å². The van der Waals surface area contributed by atoms with E-state index in [1.165, 1.54) is 0 Å². The quantitative estimate of drug-likeness (QED) is 0.429. The summed E-state index contributed by atoms with van der Waals surface area (Å²) in [5, 5.41) is 7.42. The molecule has 7 heteroatoms. The number of carboxylic acids is 1. The number of carboxylic acid groups (broad SMARTS) is 1. The zero-order valence-corrected chi connectivity index (χ0v) is 8.86. The van der Waals surface area contributed by atoms with Gasteiger partial charge in [0, 0.05) is 24.0 Å². The van der Waals surface area contributed by atoms with Crippen molar-refractivity contribution in [1.29, 1.82) is 0 Å². The number of carbonyl (C=O) groups excluding carboxylic acids is 2. The molecule has 0 amide bonds. The van der Waals surface area contributed by atoms with E-state index in [9.17, 15) is 9.59 Å². The summed E-state index contributed by atoms with van der Waals surface area (Å²) in [6, 6.07) is 0. The minimum absolute atomic E-state index is 0. The first kappa shape index (κ1) is 12.3. The molecule has 2 aliphatic heterocycles. The van der Waals surface area contributed by atoms with Crippen molar-refractivity contribution in [3.8, 4) is 0 Å². The van der Waals surface area contributed by atoms with Crippen molar-refractivity contribution in [2.75, 3.05) is 0 Å². The summed E-state index contributed by atoms with van der Waals surface area (Å²) in [7, 11) is 0. The minimum atomic E-state index is -0.833. The number of rotatable bonds is 0. The molecule has 3 fully saturated rings. The second-order valence-corrected chi connectivity index (χ2v) is 3.28. The summed E-state index contributed by atoms with van der Waals surface area (Å²) < 4.78 is 9.65. The van der Waals surface area contributed by atoms with Crippen LogP contribution in [0.3, 0.4) is 0 Å². The number of hydrogen-bond acceptors (Lipinski definition) is 5. The number of hydrogen-bond donors (Lipinski definition) is 1. The van der Waals surface area contributed by atoms with Crippen molar-refractivity contribution >= 4 is 17.5 Å².